The van der Waals surface area contributed by atoms with Crippen LogP contribution in [0, 0.1) is 22.3 Å². The van der Waals surface area contributed by atoms with E-state index in [2.05, 4.69) is 0 Å². The van der Waals surface area contributed by atoms with E-state index < -0.39 is 42.0 Å². The first kappa shape index (κ1) is 71.8. The molecule has 7 aromatic carbocycles. The molecule has 0 spiro atoms. The van der Waals surface area contributed by atoms with Gasteiger partial charge in [-0.15, -0.1) is 10.9 Å². The molecule has 0 unspecified atom stereocenters. The summed E-state index contributed by atoms with van der Waals surface area (Å²) in [4.78, 5) is 0. The standard InChI is InChI=1S/2C24H27B3NO4.2C10H19NO.C6H6/c2*1-5-13-21(14-6-1)25-29-26(22-15-7-2-8-16-22)31-27(30-25,23-17-9-3-10-18-23)32-28-24-19-11-4-12-20-24;2*1-9(2)8-11(12)10-6-4-3-5-7-10;1-2-4-6-5-3-1/h2*1-3,5-10,13-18,24,28H,4,11-12,19-20H2;2*8-10H,3-7H2,1-2H3;1-6H/q2*-1;;;/p+2/b;;2*11-8-;. The number of hydrogen-bond donors (Lipinski definition) is 2. The van der Waals surface area contributed by atoms with Crippen LogP contribution in [0.3, 0.4) is 0 Å². The van der Waals surface area contributed by atoms with Crippen molar-refractivity contribution >= 4 is 87.2 Å². The lowest BCUT2D eigenvalue weighted by Gasteiger charge is -2.49. The Morgan fingerprint density at radius 3 is 0.819 bits per heavy atom. The first-order valence-corrected chi connectivity index (χ1v) is 35.3. The van der Waals surface area contributed by atoms with Crippen molar-refractivity contribution in [2.24, 2.45) is 11.8 Å². The van der Waals surface area contributed by atoms with E-state index in [1.165, 1.54) is 86.5 Å². The van der Waals surface area contributed by atoms with Gasteiger partial charge in [0.15, 0.2) is 24.5 Å². The molecule has 2 heterocycles. The van der Waals surface area contributed by atoms with Crippen LogP contribution >= 0.6 is 0 Å². The molecule has 13 rings (SSSR count). The predicted octanol–water partition coefficient (Wildman–Crippen LogP) is 9.83. The third kappa shape index (κ3) is 22.8. The molecule has 0 aromatic heterocycles. The Bertz CT molecular complexity index is 2890. The average Bonchev–Trinajstić information content (AvgIpc) is 0.802. The van der Waals surface area contributed by atoms with E-state index in [-0.39, 0.29) is 12.1 Å². The van der Waals surface area contributed by atoms with Crippen molar-refractivity contribution in [2.45, 2.75) is 180 Å². The molecule has 4 aliphatic carbocycles. The molecule has 6 aliphatic rings. The van der Waals surface area contributed by atoms with E-state index >= 15 is 0 Å². The van der Waals surface area contributed by atoms with Gasteiger partial charge in [0.05, 0.1) is 0 Å². The van der Waals surface area contributed by atoms with Gasteiger partial charge in [0.2, 0.25) is 0 Å². The van der Waals surface area contributed by atoms with Crippen molar-refractivity contribution in [3.8, 4) is 0 Å². The lowest BCUT2D eigenvalue weighted by atomic mass is 9.57. The van der Waals surface area contributed by atoms with Crippen LogP contribution in [0.5, 0.6) is 0 Å². The summed E-state index contributed by atoms with van der Waals surface area (Å²) in [5, 5.41) is 22.9. The van der Waals surface area contributed by atoms with Gasteiger partial charge < -0.3 is 47.4 Å². The van der Waals surface area contributed by atoms with Gasteiger partial charge in [0.1, 0.15) is 12.1 Å². The summed E-state index contributed by atoms with van der Waals surface area (Å²) in [5.41, 5.74) is 9.37. The van der Waals surface area contributed by atoms with Crippen molar-refractivity contribution in [3.63, 3.8) is 0 Å². The molecule has 6 fully saturated rings. The molecule has 94 heavy (non-hydrogen) atoms. The van der Waals surface area contributed by atoms with Crippen LogP contribution in [0.2, 0.25) is 0 Å². The van der Waals surface area contributed by atoms with Crippen molar-refractivity contribution < 1.29 is 57.4 Å². The summed E-state index contributed by atoms with van der Waals surface area (Å²) in [5.74, 6) is 0.758. The Hall–Kier alpha value is -6.53. The highest BCUT2D eigenvalue weighted by atomic mass is 16.9. The van der Waals surface area contributed by atoms with Crippen molar-refractivity contribution in [1.82, 2.24) is 0 Å². The Morgan fingerprint density at radius 1 is 0.351 bits per heavy atom. The molecule has 14 nitrogen and oxygen atoms in total. The second-order valence-corrected chi connectivity index (χ2v) is 26.5. The van der Waals surface area contributed by atoms with Gasteiger partial charge in [-0.2, -0.15) is 0 Å². The Kier molecular flexibility index (Phi) is 29.7. The zero-order valence-corrected chi connectivity index (χ0v) is 56.1. The molecule has 2 saturated heterocycles. The molecule has 494 valence electrons. The van der Waals surface area contributed by atoms with E-state index in [0.717, 1.165) is 84.1 Å². The molecule has 2 aliphatic heterocycles. The SMILES string of the molecule is CC(C)/C=[N+](\[O-])C1CCCCC1.CC(C)/C=[N+](\[O-])C1CCCCC1.c1ccc(B2OB(c3ccccc3)O[B-](O[NH2+]C3CCCCC3)(c3ccccc3)O2)cc1.c1ccc(B2OB(c3ccccc3)O[B-](O[NH2+]C3CCCCC3)(c3ccccc3)O2)cc1.c1ccccc1. The van der Waals surface area contributed by atoms with Crippen LogP contribution in [-0.4, -0.2) is 88.1 Å². The quantitative estimate of drug-likeness (QED) is 0.0314. The van der Waals surface area contributed by atoms with Gasteiger partial charge >= 0.3 is 42.0 Å². The number of nitrogens with zero attached hydrogens (tertiary/aromatic N) is 2. The summed E-state index contributed by atoms with van der Waals surface area (Å²) in [7, 11) is -2.46. The molecule has 0 radical (unpaired) electrons. The number of quaternary nitrogens is 2. The van der Waals surface area contributed by atoms with E-state index in [1.807, 2.05) is 257 Å². The molecule has 20 heteroatoms. The summed E-state index contributed by atoms with van der Waals surface area (Å²) < 4.78 is 54.2. The van der Waals surface area contributed by atoms with E-state index in [9.17, 15) is 10.4 Å². The maximum atomic E-state index is 11.5. The summed E-state index contributed by atoms with van der Waals surface area (Å²) >= 11 is 0. The topological polar surface area (TPSA) is 159 Å². The Morgan fingerprint density at radius 2 is 0.574 bits per heavy atom. The molecule has 0 atom stereocenters. The smallest absolute Gasteiger partial charge is 0.437 e. The molecular formula is C74H100B6N4O10. The summed E-state index contributed by atoms with van der Waals surface area (Å²) in [6.07, 6.45) is 27.6. The minimum atomic E-state index is -2.26. The van der Waals surface area contributed by atoms with Gasteiger partial charge in [0, 0.05) is 63.2 Å². The monoisotopic (exact) mass is 1270 g/mol. The van der Waals surface area contributed by atoms with Crippen LogP contribution < -0.4 is 43.7 Å². The highest BCUT2D eigenvalue weighted by molar-refractivity contribution is 6.93. The molecule has 4 saturated carbocycles. The number of nitrogens with two attached hydrogens (primary N) is 2. The zero-order chi connectivity index (χ0) is 65.5. The number of rotatable bonds is 16. The Balaban J connectivity index is 0.000000155. The third-order valence-electron chi connectivity index (χ3n) is 18.0. The van der Waals surface area contributed by atoms with E-state index in [1.54, 1.807) is 12.4 Å². The summed E-state index contributed by atoms with van der Waals surface area (Å²) in [6, 6.07) is 73.2. The maximum Gasteiger partial charge on any atom is 0.437 e. The second kappa shape index (κ2) is 38.9. The van der Waals surface area contributed by atoms with Crippen LogP contribution in [0.25, 0.3) is 0 Å². The van der Waals surface area contributed by atoms with Gasteiger partial charge in [-0.3, -0.25) is 0 Å². The molecular weight excluding hydrogens is 1170 g/mol. The Labute approximate surface area is 562 Å². The fraction of sp³-hybridized carbons (Fsp3) is 0.405. The maximum absolute atomic E-state index is 11.5. The lowest BCUT2D eigenvalue weighted by molar-refractivity contribution is -0.895. The largest absolute Gasteiger partial charge is 0.624 e. The highest BCUT2D eigenvalue weighted by Gasteiger charge is 2.50. The van der Waals surface area contributed by atoms with Crippen molar-refractivity contribution in [1.29, 1.82) is 0 Å². The third-order valence-corrected chi connectivity index (χ3v) is 18.0. The fourth-order valence-corrected chi connectivity index (χ4v) is 13.0. The molecule has 4 N–H and O–H groups in total. The van der Waals surface area contributed by atoms with Gasteiger partial charge in [0.25, 0.3) is 0 Å². The molecule has 0 bridgehead atoms. The predicted molar refractivity (Wildman–Crippen MR) is 387 cm³/mol. The minimum absolute atomic E-state index is 0.279. The molecule has 7 aromatic rings. The second-order valence-electron chi connectivity index (χ2n) is 26.5. The van der Waals surface area contributed by atoms with Crippen LogP contribution in [-0.2, 0) is 36.9 Å². The summed E-state index contributed by atoms with van der Waals surface area (Å²) in [6.45, 7) is 3.67. The first-order chi connectivity index (χ1) is 46.0. The average molecular weight is 1270 g/mol. The van der Waals surface area contributed by atoms with Crippen molar-refractivity contribution in [2.75, 3.05) is 0 Å². The number of hydroxylamine groups is 4. The lowest BCUT2D eigenvalue weighted by Crippen LogP contribution is -2.95. The molecule has 0 amide bonds. The van der Waals surface area contributed by atoms with Crippen molar-refractivity contribution in [3.05, 3.63) is 229 Å². The van der Waals surface area contributed by atoms with Crippen LogP contribution in [0.4, 0.5) is 0 Å². The van der Waals surface area contributed by atoms with Gasteiger partial charge in [-0.25, -0.2) is 20.4 Å². The van der Waals surface area contributed by atoms with E-state index in [0.29, 0.717) is 23.9 Å². The normalized spacial score (nSPS) is 19.1. The fourth-order valence-electron chi connectivity index (χ4n) is 13.0. The van der Waals surface area contributed by atoms with Crippen LogP contribution in [0.1, 0.15) is 156 Å². The first-order valence-electron chi connectivity index (χ1n) is 35.3. The van der Waals surface area contributed by atoms with E-state index in [4.69, 9.17) is 36.9 Å². The van der Waals surface area contributed by atoms with Gasteiger partial charge in [-0.1, -0.05) is 272 Å². The highest BCUT2D eigenvalue weighted by Crippen LogP contribution is 2.24. The van der Waals surface area contributed by atoms with Crippen LogP contribution in [0.15, 0.2) is 218 Å². The minimum Gasteiger partial charge on any atom is -0.624 e. The number of benzene rings is 7. The van der Waals surface area contributed by atoms with Gasteiger partial charge in [-0.05, 0) is 73.2 Å². The number of hydrogen-bond acceptors (Lipinski definition) is 10. The zero-order valence-electron chi connectivity index (χ0n) is 56.1.